The lowest BCUT2D eigenvalue weighted by Gasteiger charge is -2.19. The number of halogens is 6. The Hall–Kier alpha value is -2.64. The fraction of sp³-hybridized carbons (Fsp3) is 0.409. The Balaban J connectivity index is 1.70. The normalized spacial score (nSPS) is 17.6. The molecule has 2 saturated carbocycles. The number of nitrogens with zero attached hydrogens (tertiary/aromatic N) is 2. The number of benzene rings is 1. The van der Waals surface area contributed by atoms with E-state index in [0.29, 0.717) is 18.4 Å². The molecule has 2 aliphatic carbocycles. The molecule has 1 atom stereocenters. The first-order chi connectivity index (χ1) is 16.8. The molecule has 0 spiro atoms. The minimum Gasteiger partial charge on any atom is -0.611 e. The maximum Gasteiger partial charge on any atom is 0.460 e. The third-order valence-corrected chi connectivity index (χ3v) is 7.86. The van der Waals surface area contributed by atoms with Crippen LogP contribution in [0, 0.1) is 5.41 Å². The van der Waals surface area contributed by atoms with E-state index in [1.807, 2.05) is 0 Å². The maximum absolute atomic E-state index is 14.3. The molecule has 0 aliphatic heterocycles. The van der Waals surface area contributed by atoms with Crippen LogP contribution in [0.1, 0.15) is 47.3 Å². The molecular formula is C22H21ClF5N5O2S. The van der Waals surface area contributed by atoms with Crippen molar-refractivity contribution in [2.75, 3.05) is 5.32 Å². The average Bonchev–Trinajstić information content (AvgIpc) is 3.73. The number of aromatic nitrogens is 2. The number of rotatable bonds is 9. The summed E-state index contributed by atoms with van der Waals surface area (Å²) in [7, 11) is 1.15. The van der Waals surface area contributed by atoms with Crippen LogP contribution in [0.15, 0.2) is 29.3 Å². The molecule has 4 rings (SSSR count). The molecule has 1 aromatic carbocycles. The standard InChI is InChI=1S/C22H21ClF5N5O2S/c1-33-19(17(36(35)14-5-6-14)18(32-33)21(24,25)22(26,27)28)30-10-12(9-29)11-2-7-16(23)15(8-11)20(34)31-13-3-4-13/h2,7-10,13-14,29-30H,3-6H2,1H3,(H,31,34)/b12-10+,29-9?. The summed E-state index contributed by atoms with van der Waals surface area (Å²) < 4.78 is 81.6. The van der Waals surface area contributed by atoms with Gasteiger partial charge < -0.3 is 20.6 Å². The van der Waals surface area contributed by atoms with Crippen LogP contribution in [0.3, 0.4) is 0 Å². The van der Waals surface area contributed by atoms with Crippen LogP contribution in [0.4, 0.5) is 27.8 Å². The highest BCUT2D eigenvalue weighted by atomic mass is 35.5. The number of nitrogens with one attached hydrogen (secondary N) is 3. The topological polar surface area (TPSA) is 106 Å². The zero-order valence-electron chi connectivity index (χ0n) is 18.8. The van der Waals surface area contributed by atoms with E-state index in [-0.39, 0.29) is 28.0 Å². The largest absolute Gasteiger partial charge is 0.611 e. The van der Waals surface area contributed by atoms with Gasteiger partial charge in [0.2, 0.25) is 4.90 Å². The molecule has 2 fully saturated rings. The molecule has 2 aliphatic rings. The average molecular weight is 550 g/mol. The van der Waals surface area contributed by atoms with E-state index in [2.05, 4.69) is 15.7 Å². The molecule has 0 radical (unpaired) electrons. The van der Waals surface area contributed by atoms with Crippen LogP contribution in [-0.2, 0) is 24.1 Å². The molecule has 1 aromatic heterocycles. The van der Waals surface area contributed by atoms with Gasteiger partial charge in [0, 0.05) is 43.9 Å². The SMILES string of the molecule is Cn1nc(C(F)(F)C(F)(F)F)c([S+]([O-])C2CC2)c1N/C=C(\C=N)c1ccc(Cl)c(C(=O)NC2CC2)c1. The number of hydrogen-bond acceptors (Lipinski definition) is 5. The van der Waals surface area contributed by atoms with Gasteiger partial charge in [-0.15, -0.1) is 0 Å². The highest BCUT2D eigenvalue weighted by Gasteiger charge is 2.64. The second-order valence-corrected chi connectivity index (χ2v) is 10.6. The van der Waals surface area contributed by atoms with Crippen molar-refractivity contribution in [2.24, 2.45) is 7.05 Å². The Morgan fingerprint density at radius 1 is 1.25 bits per heavy atom. The highest BCUT2D eigenvalue weighted by Crippen LogP contribution is 2.49. The highest BCUT2D eigenvalue weighted by molar-refractivity contribution is 7.92. The first kappa shape index (κ1) is 26.4. The van der Waals surface area contributed by atoms with Crippen molar-refractivity contribution < 1.29 is 31.3 Å². The van der Waals surface area contributed by atoms with Crippen LogP contribution in [0.5, 0.6) is 0 Å². The van der Waals surface area contributed by atoms with E-state index < -0.39 is 45.0 Å². The Morgan fingerprint density at radius 3 is 2.47 bits per heavy atom. The lowest BCUT2D eigenvalue weighted by Crippen LogP contribution is -2.35. The smallest absolute Gasteiger partial charge is 0.460 e. The van der Waals surface area contributed by atoms with Gasteiger partial charge in [-0.1, -0.05) is 17.7 Å². The lowest BCUT2D eigenvalue weighted by atomic mass is 10.0. The number of amides is 1. The van der Waals surface area contributed by atoms with E-state index >= 15 is 0 Å². The van der Waals surface area contributed by atoms with Crippen LogP contribution in [0.25, 0.3) is 5.57 Å². The van der Waals surface area contributed by atoms with E-state index in [4.69, 9.17) is 17.0 Å². The fourth-order valence-corrected chi connectivity index (χ4v) is 5.21. The van der Waals surface area contributed by atoms with Crippen molar-refractivity contribution in [3.63, 3.8) is 0 Å². The van der Waals surface area contributed by atoms with Crippen LogP contribution in [-0.4, -0.2) is 43.9 Å². The van der Waals surface area contributed by atoms with Gasteiger partial charge in [0.15, 0.2) is 11.5 Å². The molecule has 14 heteroatoms. The van der Waals surface area contributed by atoms with E-state index in [0.717, 1.165) is 30.8 Å². The number of allylic oxidation sites excluding steroid dienone is 1. The molecule has 0 saturated heterocycles. The first-order valence-electron chi connectivity index (χ1n) is 10.9. The third kappa shape index (κ3) is 5.23. The first-order valence-corrected chi connectivity index (χ1v) is 12.4. The van der Waals surface area contributed by atoms with Crippen molar-refractivity contribution >= 4 is 46.3 Å². The van der Waals surface area contributed by atoms with Gasteiger partial charge in [-0.25, -0.2) is 4.68 Å². The molecule has 1 heterocycles. The summed E-state index contributed by atoms with van der Waals surface area (Å²) in [5.41, 5.74) is -0.950. The van der Waals surface area contributed by atoms with Gasteiger partial charge in [-0.2, -0.15) is 27.1 Å². The summed E-state index contributed by atoms with van der Waals surface area (Å²) in [5.74, 6) is -6.04. The maximum atomic E-state index is 14.3. The van der Waals surface area contributed by atoms with Gasteiger partial charge in [0.1, 0.15) is 5.25 Å². The van der Waals surface area contributed by atoms with Gasteiger partial charge in [-0.05, 0) is 41.7 Å². The minimum absolute atomic E-state index is 0.0799. The quantitative estimate of drug-likeness (QED) is 0.233. The second-order valence-electron chi connectivity index (χ2n) is 8.55. The van der Waals surface area contributed by atoms with Crippen molar-refractivity contribution in [3.05, 3.63) is 46.2 Å². The summed E-state index contributed by atoms with van der Waals surface area (Å²) in [6.45, 7) is 0. The molecular weight excluding hydrogens is 529 g/mol. The zero-order chi connectivity index (χ0) is 26.4. The molecule has 0 bridgehead atoms. The number of anilines is 1. The Morgan fingerprint density at radius 2 is 1.92 bits per heavy atom. The summed E-state index contributed by atoms with van der Waals surface area (Å²) >= 11 is 3.98. The van der Waals surface area contributed by atoms with Gasteiger partial charge in [0.05, 0.1) is 10.6 Å². The van der Waals surface area contributed by atoms with Crippen LogP contribution >= 0.6 is 11.6 Å². The monoisotopic (exact) mass is 549 g/mol. The van der Waals surface area contributed by atoms with Crippen LogP contribution in [0.2, 0.25) is 5.02 Å². The molecule has 1 amide bonds. The number of aryl methyl sites for hydroxylation is 1. The fourth-order valence-electron chi connectivity index (χ4n) is 3.37. The minimum atomic E-state index is -5.93. The Bertz CT molecular complexity index is 1220. The van der Waals surface area contributed by atoms with Crippen molar-refractivity contribution in [1.82, 2.24) is 15.1 Å². The molecule has 1 unspecified atom stereocenters. The molecule has 2 aromatic rings. The molecule has 36 heavy (non-hydrogen) atoms. The van der Waals surface area contributed by atoms with Gasteiger partial charge in [-0.3, -0.25) is 4.79 Å². The number of carbonyl (C=O) groups is 1. The van der Waals surface area contributed by atoms with E-state index in [1.165, 1.54) is 24.4 Å². The zero-order valence-corrected chi connectivity index (χ0v) is 20.3. The van der Waals surface area contributed by atoms with Gasteiger partial charge in [0.25, 0.3) is 5.91 Å². The summed E-state index contributed by atoms with van der Waals surface area (Å²) in [5, 5.41) is 16.2. The lowest BCUT2D eigenvalue weighted by molar-refractivity contribution is -0.292. The summed E-state index contributed by atoms with van der Waals surface area (Å²) in [6.07, 6.45) is -1.27. The number of alkyl halides is 5. The molecule has 7 nitrogen and oxygen atoms in total. The predicted molar refractivity (Wildman–Crippen MR) is 125 cm³/mol. The van der Waals surface area contributed by atoms with Crippen molar-refractivity contribution in [1.29, 1.82) is 5.41 Å². The van der Waals surface area contributed by atoms with Crippen molar-refractivity contribution in [2.45, 2.75) is 54.0 Å². The number of hydrogen-bond donors (Lipinski definition) is 3. The summed E-state index contributed by atoms with van der Waals surface area (Å²) in [4.78, 5) is 11.7. The third-order valence-electron chi connectivity index (χ3n) is 5.66. The van der Waals surface area contributed by atoms with E-state index in [1.54, 1.807) is 0 Å². The Labute approximate surface area is 210 Å². The van der Waals surface area contributed by atoms with Crippen molar-refractivity contribution in [3.8, 4) is 0 Å². The Kier molecular flexibility index (Phi) is 7.10. The molecule has 3 N–H and O–H groups in total. The summed E-state index contributed by atoms with van der Waals surface area (Å²) in [6, 6.07) is 4.49. The van der Waals surface area contributed by atoms with Gasteiger partial charge >= 0.3 is 12.1 Å². The van der Waals surface area contributed by atoms with E-state index in [9.17, 15) is 31.3 Å². The predicted octanol–water partition coefficient (Wildman–Crippen LogP) is 4.99. The second kappa shape index (κ2) is 9.67. The number of carbonyl (C=O) groups excluding carboxylic acids is 1. The van der Waals surface area contributed by atoms with Crippen LogP contribution < -0.4 is 10.6 Å². The molecule has 194 valence electrons.